The Kier molecular flexibility index (Phi) is 6.17. The van der Waals surface area contributed by atoms with E-state index in [9.17, 15) is 4.79 Å². The van der Waals surface area contributed by atoms with Gasteiger partial charge in [0.1, 0.15) is 5.75 Å². The van der Waals surface area contributed by atoms with Gasteiger partial charge in [-0.1, -0.05) is 59.8 Å². The molecular weight excluding hydrogens is 344 g/mol. The fourth-order valence-electron chi connectivity index (χ4n) is 2.26. The Bertz CT molecular complexity index is 851. The third-order valence-corrected chi connectivity index (χ3v) is 4.68. The third-order valence-electron chi connectivity index (χ3n) is 3.60. The molecule has 4 nitrogen and oxygen atoms in total. The maximum atomic E-state index is 12.1. The van der Waals surface area contributed by atoms with E-state index in [2.05, 4.69) is 10.6 Å². The molecule has 0 saturated heterocycles. The van der Waals surface area contributed by atoms with Gasteiger partial charge in [-0.25, -0.2) is 4.79 Å². The van der Waals surface area contributed by atoms with E-state index >= 15 is 0 Å². The quantitative estimate of drug-likeness (QED) is 0.583. The summed E-state index contributed by atoms with van der Waals surface area (Å²) in [5, 5.41) is 5.58. The summed E-state index contributed by atoms with van der Waals surface area (Å²) in [6, 6.07) is 25.1. The first-order chi connectivity index (χ1) is 12.7. The Morgan fingerprint density at radius 1 is 0.923 bits per heavy atom. The molecule has 3 rings (SSSR count). The molecule has 0 aromatic heterocycles. The second-order valence-electron chi connectivity index (χ2n) is 5.64. The maximum absolute atomic E-state index is 12.1. The van der Waals surface area contributed by atoms with E-state index in [1.807, 2.05) is 85.8 Å². The lowest BCUT2D eigenvalue weighted by molar-refractivity contribution is 0.234. The number of nitrogens with one attached hydrogen (secondary N) is 2. The number of carbonyl (C=O) groups is 1. The molecule has 0 heterocycles. The van der Waals surface area contributed by atoms with Crippen molar-refractivity contribution < 1.29 is 9.53 Å². The highest BCUT2D eigenvalue weighted by molar-refractivity contribution is 7.99. The Labute approximate surface area is 157 Å². The van der Waals surface area contributed by atoms with Gasteiger partial charge in [0, 0.05) is 9.79 Å². The van der Waals surface area contributed by atoms with E-state index in [1.165, 1.54) is 0 Å². The molecule has 0 atom stereocenters. The van der Waals surface area contributed by atoms with Gasteiger partial charge in [0.2, 0.25) is 0 Å². The first-order valence-electron chi connectivity index (χ1n) is 8.27. The van der Waals surface area contributed by atoms with Crippen molar-refractivity contribution in [3.05, 3.63) is 84.4 Å². The number of amides is 2. The molecule has 0 spiro atoms. The van der Waals surface area contributed by atoms with Crippen LogP contribution in [0.25, 0.3) is 0 Å². The fourth-order valence-corrected chi connectivity index (χ4v) is 3.18. The Balaban J connectivity index is 1.55. The number of ether oxygens (including phenoxy) is 1. The van der Waals surface area contributed by atoms with Crippen LogP contribution in [0.15, 0.2) is 88.7 Å². The zero-order valence-corrected chi connectivity index (χ0v) is 15.3. The van der Waals surface area contributed by atoms with Gasteiger partial charge in [0.25, 0.3) is 0 Å². The minimum Gasteiger partial charge on any atom is -0.473 e. The normalized spacial score (nSPS) is 10.2. The lowest BCUT2D eigenvalue weighted by Gasteiger charge is -2.12. The van der Waals surface area contributed by atoms with Crippen LogP contribution in [0.5, 0.6) is 5.75 Å². The number of anilines is 1. The Hall–Kier alpha value is -2.92. The summed E-state index contributed by atoms with van der Waals surface area (Å²) in [6.07, 6.45) is 0. The van der Waals surface area contributed by atoms with Crippen molar-refractivity contribution >= 4 is 23.5 Å². The second-order valence-corrected chi connectivity index (χ2v) is 6.76. The Morgan fingerprint density at radius 3 is 2.38 bits per heavy atom. The highest BCUT2D eigenvalue weighted by Gasteiger charge is 2.07. The van der Waals surface area contributed by atoms with Crippen LogP contribution in [-0.4, -0.2) is 12.8 Å². The van der Waals surface area contributed by atoms with E-state index < -0.39 is 0 Å². The molecule has 132 valence electrons. The average Bonchev–Trinajstić information content (AvgIpc) is 2.66. The maximum Gasteiger partial charge on any atom is 0.321 e. The van der Waals surface area contributed by atoms with Crippen LogP contribution in [-0.2, 0) is 0 Å². The summed E-state index contributed by atoms with van der Waals surface area (Å²) in [6.45, 7) is 2.11. The van der Waals surface area contributed by atoms with Gasteiger partial charge >= 0.3 is 6.03 Å². The number of carbonyl (C=O) groups excluding carboxylic acids is 1. The van der Waals surface area contributed by atoms with E-state index in [1.54, 1.807) is 11.8 Å². The summed E-state index contributed by atoms with van der Waals surface area (Å²) in [5.74, 6) is 0.718. The summed E-state index contributed by atoms with van der Waals surface area (Å²) in [7, 11) is 0. The summed E-state index contributed by atoms with van der Waals surface area (Å²) < 4.78 is 5.52. The number of hydrogen-bond acceptors (Lipinski definition) is 3. The number of para-hydroxylation sites is 1. The lowest BCUT2D eigenvalue weighted by Crippen LogP contribution is -2.32. The number of rotatable bonds is 6. The smallest absolute Gasteiger partial charge is 0.321 e. The van der Waals surface area contributed by atoms with Crippen LogP contribution in [0.1, 0.15) is 5.56 Å². The highest BCUT2D eigenvalue weighted by Crippen LogP contribution is 2.33. The molecular formula is C21H20N2O2S. The van der Waals surface area contributed by atoms with Gasteiger partial charge in [0.15, 0.2) is 6.73 Å². The van der Waals surface area contributed by atoms with Crippen molar-refractivity contribution in [1.82, 2.24) is 5.32 Å². The largest absolute Gasteiger partial charge is 0.473 e. The minimum atomic E-state index is -0.307. The lowest BCUT2D eigenvalue weighted by atomic mass is 10.2. The average molecular weight is 364 g/mol. The Morgan fingerprint density at radius 2 is 1.62 bits per heavy atom. The highest BCUT2D eigenvalue weighted by atomic mass is 32.2. The molecule has 0 aliphatic heterocycles. The summed E-state index contributed by atoms with van der Waals surface area (Å²) in [5.41, 5.74) is 1.92. The van der Waals surface area contributed by atoms with Crippen molar-refractivity contribution in [1.29, 1.82) is 0 Å². The summed E-state index contributed by atoms with van der Waals surface area (Å²) in [4.78, 5) is 14.2. The second kappa shape index (κ2) is 8.97. The number of aryl methyl sites for hydroxylation is 1. The molecule has 0 fully saturated rings. The standard InChI is InChI=1S/C21H20N2O2S/c1-16-11-13-17(14-12-16)25-15-22-21(24)23-19-9-5-6-10-20(19)26-18-7-3-2-4-8-18/h2-14H,15H2,1H3,(H2,22,23,24). The van der Waals surface area contributed by atoms with Gasteiger partial charge in [-0.15, -0.1) is 0 Å². The van der Waals surface area contributed by atoms with Crippen molar-refractivity contribution in [2.45, 2.75) is 16.7 Å². The van der Waals surface area contributed by atoms with E-state index in [4.69, 9.17) is 4.74 Å². The van der Waals surface area contributed by atoms with E-state index in [-0.39, 0.29) is 12.8 Å². The first-order valence-corrected chi connectivity index (χ1v) is 9.08. The third kappa shape index (κ3) is 5.29. The zero-order valence-electron chi connectivity index (χ0n) is 14.4. The topological polar surface area (TPSA) is 50.4 Å². The predicted molar refractivity (Wildman–Crippen MR) is 106 cm³/mol. The molecule has 2 amide bonds. The molecule has 0 aliphatic carbocycles. The van der Waals surface area contributed by atoms with Crippen LogP contribution < -0.4 is 15.4 Å². The molecule has 3 aromatic rings. The predicted octanol–water partition coefficient (Wildman–Crippen LogP) is 5.30. The molecule has 2 N–H and O–H groups in total. The minimum absolute atomic E-state index is 0.100. The zero-order chi connectivity index (χ0) is 18.2. The van der Waals surface area contributed by atoms with Crippen molar-refractivity contribution in [2.24, 2.45) is 0 Å². The molecule has 5 heteroatoms. The van der Waals surface area contributed by atoms with Crippen LogP contribution in [0.4, 0.5) is 10.5 Å². The van der Waals surface area contributed by atoms with Gasteiger partial charge in [-0.2, -0.15) is 0 Å². The molecule has 0 aliphatic rings. The SMILES string of the molecule is Cc1ccc(OCNC(=O)Nc2ccccc2Sc2ccccc2)cc1. The van der Waals surface area contributed by atoms with Crippen molar-refractivity contribution in [3.63, 3.8) is 0 Å². The van der Waals surface area contributed by atoms with Gasteiger partial charge < -0.3 is 15.4 Å². The number of hydrogen-bond donors (Lipinski definition) is 2. The van der Waals surface area contributed by atoms with Gasteiger partial charge in [0.05, 0.1) is 5.69 Å². The molecule has 26 heavy (non-hydrogen) atoms. The van der Waals surface area contributed by atoms with Crippen molar-refractivity contribution in [3.8, 4) is 5.75 Å². The van der Waals surface area contributed by atoms with Crippen molar-refractivity contribution in [2.75, 3.05) is 12.0 Å². The van der Waals surface area contributed by atoms with Gasteiger partial charge in [-0.05, 0) is 43.3 Å². The summed E-state index contributed by atoms with van der Waals surface area (Å²) >= 11 is 1.60. The first kappa shape index (κ1) is 17.9. The van der Waals surface area contributed by atoms with Crippen LogP contribution in [0, 0.1) is 6.92 Å². The van der Waals surface area contributed by atoms with E-state index in [0.29, 0.717) is 0 Å². The van der Waals surface area contributed by atoms with E-state index in [0.717, 1.165) is 26.8 Å². The number of urea groups is 1. The van der Waals surface area contributed by atoms with Crippen LogP contribution in [0.2, 0.25) is 0 Å². The fraction of sp³-hybridized carbons (Fsp3) is 0.0952. The number of benzene rings is 3. The van der Waals surface area contributed by atoms with Crippen LogP contribution >= 0.6 is 11.8 Å². The molecule has 3 aromatic carbocycles. The monoisotopic (exact) mass is 364 g/mol. The molecule has 0 unspecified atom stereocenters. The molecule has 0 saturated carbocycles. The van der Waals surface area contributed by atoms with Gasteiger partial charge in [-0.3, -0.25) is 0 Å². The molecule has 0 bridgehead atoms. The van der Waals surface area contributed by atoms with Crippen LogP contribution in [0.3, 0.4) is 0 Å². The molecule has 0 radical (unpaired) electrons.